The molecule has 0 aliphatic rings. The van der Waals surface area contributed by atoms with Gasteiger partial charge in [-0.15, -0.1) is 0 Å². The Morgan fingerprint density at radius 2 is 2.12 bits per heavy atom. The molecule has 0 bridgehead atoms. The van der Waals surface area contributed by atoms with Crippen LogP contribution in [-0.4, -0.2) is 26.6 Å². The van der Waals surface area contributed by atoms with Crippen LogP contribution in [0.5, 0.6) is 0 Å². The highest BCUT2D eigenvalue weighted by Crippen LogP contribution is 2.21. The van der Waals surface area contributed by atoms with E-state index in [1.165, 1.54) is 12.4 Å². The van der Waals surface area contributed by atoms with Crippen LogP contribution >= 0.6 is 11.6 Å². The Balaban J connectivity index is 2.96. The van der Waals surface area contributed by atoms with Crippen LogP contribution in [0.4, 0.5) is 5.82 Å². The lowest BCUT2D eigenvalue weighted by molar-refractivity contribution is -0.142. The molecular weight excluding hydrogens is 230 g/mol. The largest absolute Gasteiger partial charge is 0.480 e. The van der Waals surface area contributed by atoms with Gasteiger partial charge in [0.15, 0.2) is 0 Å². The van der Waals surface area contributed by atoms with E-state index in [4.69, 9.17) is 11.6 Å². The van der Waals surface area contributed by atoms with E-state index in [0.29, 0.717) is 18.7 Å². The molecule has 0 unspecified atom stereocenters. The van der Waals surface area contributed by atoms with E-state index in [2.05, 4.69) is 15.3 Å². The summed E-state index contributed by atoms with van der Waals surface area (Å²) in [6.45, 7) is 3.62. The van der Waals surface area contributed by atoms with E-state index in [1.807, 2.05) is 13.8 Å². The minimum absolute atomic E-state index is 0.233. The van der Waals surface area contributed by atoms with Gasteiger partial charge in [-0.25, -0.2) is 9.78 Å². The summed E-state index contributed by atoms with van der Waals surface area (Å²) in [7, 11) is 0. The number of carboxylic acids is 1. The summed E-state index contributed by atoms with van der Waals surface area (Å²) in [6.07, 6.45) is 3.75. The van der Waals surface area contributed by atoms with E-state index in [9.17, 15) is 9.90 Å². The van der Waals surface area contributed by atoms with Crippen LogP contribution in [0.15, 0.2) is 12.4 Å². The molecule has 1 heterocycles. The zero-order valence-corrected chi connectivity index (χ0v) is 9.95. The SMILES string of the molecule is CCC(CC)(Nc1cncc(Cl)n1)C(=O)O. The molecule has 88 valence electrons. The third-order valence-corrected chi connectivity index (χ3v) is 2.77. The fraction of sp³-hybridized carbons (Fsp3) is 0.500. The van der Waals surface area contributed by atoms with Gasteiger partial charge in [0.25, 0.3) is 0 Å². The van der Waals surface area contributed by atoms with Crippen molar-refractivity contribution in [3.05, 3.63) is 17.5 Å². The van der Waals surface area contributed by atoms with Gasteiger partial charge in [-0.3, -0.25) is 4.98 Å². The number of halogens is 1. The minimum atomic E-state index is -1.01. The number of hydrogen-bond acceptors (Lipinski definition) is 4. The van der Waals surface area contributed by atoms with Gasteiger partial charge in [0.2, 0.25) is 0 Å². The molecular formula is C10H14ClN3O2. The van der Waals surface area contributed by atoms with Gasteiger partial charge in [-0.1, -0.05) is 25.4 Å². The number of nitrogens with one attached hydrogen (secondary N) is 1. The lowest BCUT2D eigenvalue weighted by atomic mass is 9.93. The summed E-state index contributed by atoms with van der Waals surface area (Å²) >= 11 is 5.68. The van der Waals surface area contributed by atoms with Crippen molar-refractivity contribution in [2.45, 2.75) is 32.2 Å². The molecule has 2 N–H and O–H groups in total. The van der Waals surface area contributed by atoms with Crippen molar-refractivity contribution in [1.82, 2.24) is 9.97 Å². The van der Waals surface area contributed by atoms with E-state index >= 15 is 0 Å². The number of hydrogen-bond donors (Lipinski definition) is 2. The lowest BCUT2D eigenvalue weighted by Gasteiger charge is -2.28. The number of rotatable bonds is 5. The molecule has 0 saturated heterocycles. The Morgan fingerprint density at radius 1 is 1.50 bits per heavy atom. The molecule has 1 rings (SSSR count). The maximum absolute atomic E-state index is 11.2. The predicted molar refractivity (Wildman–Crippen MR) is 61.6 cm³/mol. The van der Waals surface area contributed by atoms with Gasteiger partial charge in [-0.2, -0.15) is 0 Å². The summed E-state index contributed by atoms with van der Waals surface area (Å²) in [6, 6.07) is 0. The van der Waals surface area contributed by atoms with E-state index in [0.717, 1.165) is 0 Å². The summed E-state index contributed by atoms with van der Waals surface area (Å²) in [5, 5.41) is 12.3. The van der Waals surface area contributed by atoms with Crippen LogP contribution in [0, 0.1) is 0 Å². The van der Waals surface area contributed by atoms with Gasteiger partial charge >= 0.3 is 5.97 Å². The summed E-state index contributed by atoms with van der Waals surface area (Å²) in [5.74, 6) is -0.530. The molecule has 16 heavy (non-hydrogen) atoms. The van der Waals surface area contributed by atoms with Crippen LogP contribution in [0.1, 0.15) is 26.7 Å². The Hall–Kier alpha value is -1.36. The molecule has 0 aromatic carbocycles. The Bertz CT molecular complexity index is 380. The van der Waals surface area contributed by atoms with Crippen molar-refractivity contribution in [2.75, 3.05) is 5.32 Å². The maximum atomic E-state index is 11.2. The second-order valence-corrected chi connectivity index (χ2v) is 3.83. The Labute approximate surface area is 98.9 Å². The first-order valence-corrected chi connectivity index (χ1v) is 5.41. The molecule has 0 spiro atoms. The van der Waals surface area contributed by atoms with Gasteiger partial charge in [0, 0.05) is 0 Å². The molecule has 1 aromatic rings. The Morgan fingerprint density at radius 3 is 2.56 bits per heavy atom. The number of carboxylic acid groups (broad SMARTS) is 1. The number of carbonyl (C=O) groups is 1. The molecule has 0 amide bonds. The number of anilines is 1. The number of nitrogens with zero attached hydrogens (tertiary/aromatic N) is 2. The number of aromatic nitrogens is 2. The normalized spacial score (nSPS) is 11.2. The first kappa shape index (κ1) is 12.7. The lowest BCUT2D eigenvalue weighted by Crippen LogP contribution is -2.45. The smallest absolute Gasteiger partial charge is 0.329 e. The van der Waals surface area contributed by atoms with Crippen molar-refractivity contribution < 1.29 is 9.90 Å². The summed E-state index contributed by atoms with van der Waals surface area (Å²) < 4.78 is 0. The molecule has 1 aromatic heterocycles. The van der Waals surface area contributed by atoms with Crippen LogP contribution in [-0.2, 0) is 4.79 Å². The summed E-state index contributed by atoms with van der Waals surface area (Å²) in [4.78, 5) is 19.0. The molecule has 0 saturated carbocycles. The second kappa shape index (κ2) is 5.12. The summed E-state index contributed by atoms with van der Waals surface area (Å²) in [5.41, 5.74) is -1.01. The highest BCUT2D eigenvalue weighted by atomic mass is 35.5. The zero-order chi connectivity index (χ0) is 12.2. The topological polar surface area (TPSA) is 75.1 Å². The molecule has 0 atom stereocenters. The van der Waals surface area contributed by atoms with Crippen LogP contribution in [0.25, 0.3) is 0 Å². The molecule has 6 heteroatoms. The average molecular weight is 244 g/mol. The third kappa shape index (κ3) is 2.61. The Kier molecular flexibility index (Phi) is 4.06. The zero-order valence-electron chi connectivity index (χ0n) is 9.20. The fourth-order valence-corrected chi connectivity index (χ4v) is 1.58. The third-order valence-electron chi connectivity index (χ3n) is 2.59. The molecule has 0 aliphatic heterocycles. The van der Waals surface area contributed by atoms with Crippen molar-refractivity contribution >= 4 is 23.4 Å². The predicted octanol–water partition coefficient (Wildman–Crippen LogP) is 2.19. The second-order valence-electron chi connectivity index (χ2n) is 3.45. The molecule has 0 fully saturated rings. The van der Waals surface area contributed by atoms with Crippen LogP contribution < -0.4 is 5.32 Å². The quantitative estimate of drug-likeness (QED) is 0.829. The van der Waals surface area contributed by atoms with Crippen LogP contribution in [0.3, 0.4) is 0 Å². The first-order valence-electron chi connectivity index (χ1n) is 5.03. The number of aliphatic carboxylic acids is 1. The van der Waals surface area contributed by atoms with E-state index < -0.39 is 11.5 Å². The van der Waals surface area contributed by atoms with Gasteiger partial charge in [-0.05, 0) is 12.8 Å². The van der Waals surface area contributed by atoms with Gasteiger partial charge in [0.05, 0.1) is 12.4 Å². The highest BCUT2D eigenvalue weighted by Gasteiger charge is 2.35. The molecule has 0 aliphatic carbocycles. The standard InChI is InChI=1S/C10H14ClN3O2/c1-3-10(4-2,9(15)16)14-8-6-12-5-7(11)13-8/h5-6H,3-4H2,1-2H3,(H,13,14)(H,15,16). The average Bonchev–Trinajstić information content (AvgIpc) is 2.25. The maximum Gasteiger partial charge on any atom is 0.329 e. The van der Waals surface area contributed by atoms with Crippen LogP contribution in [0.2, 0.25) is 5.15 Å². The van der Waals surface area contributed by atoms with E-state index in [-0.39, 0.29) is 5.15 Å². The highest BCUT2D eigenvalue weighted by molar-refractivity contribution is 6.29. The van der Waals surface area contributed by atoms with Gasteiger partial charge in [0.1, 0.15) is 16.5 Å². The molecule has 0 radical (unpaired) electrons. The first-order chi connectivity index (χ1) is 7.54. The fourth-order valence-electron chi connectivity index (χ4n) is 1.43. The van der Waals surface area contributed by atoms with Crippen molar-refractivity contribution in [1.29, 1.82) is 0 Å². The minimum Gasteiger partial charge on any atom is -0.480 e. The monoisotopic (exact) mass is 243 g/mol. The van der Waals surface area contributed by atoms with Crippen molar-refractivity contribution in [3.8, 4) is 0 Å². The van der Waals surface area contributed by atoms with E-state index in [1.54, 1.807) is 0 Å². The van der Waals surface area contributed by atoms with Crippen molar-refractivity contribution in [2.24, 2.45) is 0 Å². The van der Waals surface area contributed by atoms with Crippen molar-refractivity contribution in [3.63, 3.8) is 0 Å². The van der Waals surface area contributed by atoms with Gasteiger partial charge < -0.3 is 10.4 Å². The molecule has 5 nitrogen and oxygen atoms in total.